The molecule has 0 heterocycles. The van der Waals surface area contributed by atoms with Crippen LogP contribution in [-0.4, -0.2) is 36.4 Å². The molecule has 1 rings (SSSR count). The molecular formula is C15H32O4SSi. The number of hydrogen-bond acceptors (Lipinski definition) is 4. The third kappa shape index (κ3) is 5.34. The Hall–Kier alpha value is 0.0869. The van der Waals surface area contributed by atoms with Gasteiger partial charge in [-0.3, -0.25) is 4.18 Å². The lowest BCUT2D eigenvalue weighted by Gasteiger charge is -2.52. The summed E-state index contributed by atoms with van der Waals surface area (Å²) in [6, 6.07) is 0. The molecule has 0 aromatic carbocycles. The molecule has 1 saturated carbocycles. The van der Waals surface area contributed by atoms with Crippen molar-refractivity contribution in [3.8, 4) is 0 Å². The van der Waals surface area contributed by atoms with E-state index >= 15 is 0 Å². The molecule has 0 aromatic rings. The van der Waals surface area contributed by atoms with Gasteiger partial charge in [0.2, 0.25) is 0 Å². The molecule has 0 N–H and O–H groups in total. The molecule has 0 amide bonds. The Morgan fingerprint density at radius 1 is 1.29 bits per heavy atom. The van der Waals surface area contributed by atoms with Crippen LogP contribution in [0.3, 0.4) is 0 Å². The zero-order valence-electron chi connectivity index (χ0n) is 14.6. The summed E-state index contributed by atoms with van der Waals surface area (Å²) in [5.74, 6) is 0.271. The smallest absolute Gasteiger partial charge is 0.264 e. The predicted molar refractivity (Wildman–Crippen MR) is 89.4 cm³/mol. The summed E-state index contributed by atoms with van der Waals surface area (Å²) in [5, 5.41) is 0. The lowest BCUT2D eigenvalue weighted by atomic mass is 9.57. The summed E-state index contributed by atoms with van der Waals surface area (Å²) in [6.07, 6.45) is 4.27. The maximum absolute atomic E-state index is 11.2. The standard InChI is InChI=1S/C15H32O4SSi/c1-14(2,3)15(4)9-8-12(11-18-20(5,16)17)10-13(15)19-21(6)7/h12-13,21H,8-11H2,1-7H3/t12-,13+,15?/m1/s1. The molecule has 3 atom stereocenters. The third-order valence-electron chi connectivity index (χ3n) is 5.00. The first-order valence-electron chi connectivity index (χ1n) is 7.85. The second-order valence-electron chi connectivity index (χ2n) is 7.97. The van der Waals surface area contributed by atoms with E-state index in [2.05, 4.69) is 40.8 Å². The Kier molecular flexibility index (Phi) is 6.09. The van der Waals surface area contributed by atoms with Crippen molar-refractivity contribution in [2.75, 3.05) is 12.9 Å². The van der Waals surface area contributed by atoms with E-state index in [4.69, 9.17) is 8.61 Å². The molecule has 1 aliphatic rings. The first-order chi connectivity index (χ1) is 9.35. The van der Waals surface area contributed by atoms with Gasteiger partial charge in [0.05, 0.1) is 19.0 Å². The fourth-order valence-electron chi connectivity index (χ4n) is 3.11. The van der Waals surface area contributed by atoms with Crippen molar-refractivity contribution in [3.63, 3.8) is 0 Å². The molecule has 1 aliphatic carbocycles. The van der Waals surface area contributed by atoms with Crippen LogP contribution < -0.4 is 0 Å². The van der Waals surface area contributed by atoms with Crippen LogP contribution in [0.4, 0.5) is 0 Å². The first kappa shape index (κ1) is 19.1. The summed E-state index contributed by atoms with van der Waals surface area (Å²) in [4.78, 5) is 0. The molecule has 1 unspecified atom stereocenters. The van der Waals surface area contributed by atoms with E-state index in [-0.39, 0.29) is 22.9 Å². The Bertz CT molecular complexity index is 441. The van der Waals surface area contributed by atoms with Crippen LogP contribution in [0.2, 0.25) is 13.1 Å². The van der Waals surface area contributed by atoms with Gasteiger partial charge >= 0.3 is 0 Å². The molecule has 0 radical (unpaired) electrons. The summed E-state index contributed by atoms with van der Waals surface area (Å²) < 4.78 is 33.7. The van der Waals surface area contributed by atoms with Gasteiger partial charge in [0.25, 0.3) is 10.1 Å². The molecule has 0 spiro atoms. The lowest BCUT2D eigenvalue weighted by molar-refractivity contribution is -0.0765. The highest BCUT2D eigenvalue weighted by molar-refractivity contribution is 7.85. The third-order valence-corrected chi connectivity index (χ3v) is 6.43. The van der Waals surface area contributed by atoms with Gasteiger partial charge in [-0.15, -0.1) is 0 Å². The average molecular weight is 337 g/mol. The van der Waals surface area contributed by atoms with Crippen LogP contribution in [0.25, 0.3) is 0 Å². The first-order valence-corrected chi connectivity index (χ1v) is 12.4. The van der Waals surface area contributed by atoms with E-state index in [1.165, 1.54) is 0 Å². The van der Waals surface area contributed by atoms with Gasteiger partial charge in [0.1, 0.15) is 0 Å². The van der Waals surface area contributed by atoms with Crippen molar-refractivity contribution in [3.05, 3.63) is 0 Å². The summed E-state index contributed by atoms with van der Waals surface area (Å²) in [7, 11) is -4.49. The van der Waals surface area contributed by atoms with E-state index in [1.54, 1.807) is 0 Å². The highest BCUT2D eigenvalue weighted by Gasteiger charge is 2.48. The van der Waals surface area contributed by atoms with Crippen molar-refractivity contribution in [2.45, 2.75) is 66.2 Å². The lowest BCUT2D eigenvalue weighted by Crippen LogP contribution is -2.50. The Balaban J connectivity index is 2.82. The molecule has 0 bridgehead atoms. The average Bonchev–Trinajstić information content (AvgIpc) is 2.27. The molecule has 6 heteroatoms. The van der Waals surface area contributed by atoms with Gasteiger partial charge in [-0.2, -0.15) is 8.42 Å². The zero-order chi connectivity index (χ0) is 16.5. The normalized spacial score (nSPS) is 31.6. The molecular weight excluding hydrogens is 304 g/mol. The van der Waals surface area contributed by atoms with Crippen molar-refractivity contribution < 1.29 is 17.0 Å². The highest BCUT2D eigenvalue weighted by Crippen LogP contribution is 2.51. The van der Waals surface area contributed by atoms with Gasteiger partial charge in [-0.05, 0) is 49.1 Å². The molecule has 1 fully saturated rings. The second kappa shape index (κ2) is 6.68. The van der Waals surface area contributed by atoms with Gasteiger partial charge in [0, 0.05) is 0 Å². The van der Waals surface area contributed by atoms with E-state index in [1.807, 2.05) is 0 Å². The van der Waals surface area contributed by atoms with Crippen LogP contribution in [0.5, 0.6) is 0 Å². The van der Waals surface area contributed by atoms with Gasteiger partial charge in [-0.25, -0.2) is 0 Å². The fourth-order valence-corrected chi connectivity index (χ4v) is 4.62. The van der Waals surface area contributed by atoms with Crippen molar-refractivity contribution in [1.29, 1.82) is 0 Å². The van der Waals surface area contributed by atoms with Gasteiger partial charge in [-0.1, -0.05) is 27.7 Å². The Morgan fingerprint density at radius 3 is 2.29 bits per heavy atom. The second-order valence-corrected chi connectivity index (χ2v) is 12.0. The molecule has 0 saturated heterocycles. The van der Waals surface area contributed by atoms with E-state index in [0.717, 1.165) is 25.5 Å². The topological polar surface area (TPSA) is 52.6 Å². The zero-order valence-corrected chi connectivity index (χ0v) is 16.6. The van der Waals surface area contributed by atoms with Crippen LogP contribution in [-0.2, 0) is 18.7 Å². The molecule has 0 aromatic heterocycles. The van der Waals surface area contributed by atoms with E-state index in [0.29, 0.717) is 6.61 Å². The molecule has 0 aliphatic heterocycles. The van der Waals surface area contributed by atoms with Gasteiger partial charge < -0.3 is 4.43 Å². The Morgan fingerprint density at radius 2 is 1.86 bits per heavy atom. The highest BCUT2D eigenvalue weighted by atomic mass is 32.2. The molecule has 126 valence electrons. The maximum atomic E-state index is 11.2. The van der Waals surface area contributed by atoms with Gasteiger partial charge in [0.15, 0.2) is 9.04 Å². The van der Waals surface area contributed by atoms with E-state index in [9.17, 15) is 8.42 Å². The van der Waals surface area contributed by atoms with Crippen molar-refractivity contribution in [2.24, 2.45) is 16.7 Å². The van der Waals surface area contributed by atoms with Crippen LogP contribution in [0, 0.1) is 16.7 Å². The molecule has 4 nitrogen and oxygen atoms in total. The maximum Gasteiger partial charge on any atom is 0.264 e. The molecule has 21 heavy (non-hydrogen) atoms. The van der Waals surface area contributed by atoms with Crippen molar-refractivity contribution in [1.82, 2.24) is 0 Å². The minimum absolute atomic E-state index is 0.131. The van der Waals surface area contributed by atoms with E-state index < -0.39 is 19.2 Å². The summed E-state index contributed by atoms with van der Waals surface area (Å²) >= 11 is 0. The van der Waals surface area contributed by atoms with Crippen LogP contribution in [0.1, 0.15) is 47.0 Å². The quantitative estimate of drug-likeness (QED) is 0.571. The number of hydrogen-bond donors (Lipinski definition) is 0. The minimum Gasteiger partial charge on any atom is -0.417 e. The van der Waals surface area contributed by atoms with Crippen LogP contribution >= 0.6 is 0 Å². The predicted octanol–water partition coefficient (Wildman–Crippen LogP) is 3.18. The summed E-state index contributed by atoms with van der Waals surface area (Å²) in [6.45, 7) is 13.8. The largest absolute Gasteiger partial charge is 0.417 e. The van der Waals surface area contributed by atoms with Crippen molar-refractivity contribution >= 4 is 19.2 Å². The Labute approximate surface area is 132 Å². The minimum atomic E-state index is -3.35. The fraction of sp³-hybridized carbons (Fsp3) is 1.00. The number of rotatable bonds is 5. The summed E-state index contributed by atoms with van der Waals surface area (Å²) in [5.41, 5.74) is 0.301. The van der Waals surface area contributed by atoms with Crippen LogP contribution in [0.15, 0.2) is 0 Å². The SMILES string of the molecule is C[SiH](C)O[C@H]1C[C@H](COS(C)(=O)=O)CCC1(C)C(C)(C)C. The monoisotopic (exact) mass is 336 g/mol.